The largest absolute Gasteiger partial charge is 0.392 e. The van der Waals surface area contributed by atoms with E-state index in [-0.39, 0.29) is 5.91 Å². The summed E-state index contributed by atoms with van der Waals surface area (Å²) >= 11 is 5.08. The Morgan fingerprint density at radius 2 is 1.94 bits per heavy atom. The molecular formula is C12H22N2OS. The van der Waals surface area contributed by atoms with Crippen molar-refractivity contribution in [3.8, 4) is 0 Å². The first-order valence-electron chi connectivity index (χ1n) is 6.03. The number of rotatable bonds is 6. The van der Waals surface area contributed by atoms with Crippen LogP contribution in [0, 0.1) is 11.3 Å². The predicted octanol–water partition coefficient (Wildman–Crippen LogP) is 1.95. The lowest BCUT2D eigenvalue weighted by molar-refractivity contribution is -0.137. The molecule has 0 heterocycles. The molecule has 1 fully saturated rings. The average molecular weight is 242 g/mol. The van der Waals surface area contributed by atoms with Crippen LogP contribution >= 0.6 is 12.2 Å². The van der Waals surface area contributed by atoms with Crippen LogP contribution in [-0.2, 0) is 4.79 Å². The van der Waals surface area contributed by atoms with Crippen molar-refractivity contribution in [3.63, 3.8) is 0 Å². The van der Waals surface area contributed by atoms with E-state index in [1.54, 1.807) is 0 Å². The molecule has 0 aromatic heterocycles. The van der Waals surface area contributed by atoms with Crippen molar-refractivity contribution in [1.29, 1.82) is 0 Å². The fourth-order valence-corrected chi connectivity index (χ4v) is 2.52. The van der Waals surface area contributed by atoms with Gasteiger partial charge in [-0.2, -0.15) is 0 Å². The molecule has 0 spiro atoms. The Kier molecular flexibility index (Phi) is 4.30. The quantitative estimate of drug-likeness (QED) is 0.724. The second-order valence-corrected chi connectivity index (χ2v) is 5.22. The standard InChI is InChI=1S/C12H22N2OS/c1-4-12(5-2,10(13)16)11(15)14(3)8-9-6-7-9/h9H,4-8H2,1-3H3,(H2,13,16). The predicted molar refractivity (Wildman–Crippen MR) is 70.2 cm³/mol. The van der Waals surface area contributed by atoms with Crippen LogP contribution in [0.4, 0.5) is 0 Å². The summed E-state index contributed by atoms with van der Waals surface area (Å²) in [4.78, 5) is 14.5. The minimum absolute atomic E-state index is 0.0944. The van der Waals surface area contributed by atoms with E-state index in [4.69, 9.17) is 18.0 Å². The van der Waals surface area contributed by atoms with Gasteiger partial charge in [-0.25, -0.2) is 0 Å². The Hall–Kier alpha value is -0.640. The molecule has 1 aliphatic rings. The molecule has 4 heteroatoms. The van der Waals surface area contributed by atoms with Gasteiger partial charge in [0.25, 0.3) is 0 Å². The van der Waals surface area contributed by atoms with Crippen molar-refractivity contribution in [3.05, 3.63) is 0 Å². The van der Waals surface area contributed by atoms with Gasteiger partial charge in [0.15, 0.2) is 0 Å². The van der Waals surface area contributed by atoms with Crippen molar-refractivity contribution in [2.75, 3.05) is 13.6 Å². The highest BCUT2D eigenvalue weighted by atomic mass is 32.1. The summed E-state index contributed by atoms with van der Waals surface area (Å²) in [5.41, 5.74) is 5.14. The molecule has 0 atom stereocenters. The molecule has 2 N–H and O–H groups in total. The van der Waals surface area contributed by atoms with E-state index >= 15 is 0 Å². The van der Waals surface area contributed by atoms with E-state index in [2.05, 4.69) is 0 Å². The smallest absolute Gasteiger partial charge is 0.235 e. The summed E-state index contributed by atoms with van der Waals surface area (Å²) in [6, 6.07) is 0. The zero-order chi connectivity index (χ0) is 12.3. The number of hydrogen-bond donors (Lipinski definition) is 1. The van der Waals surface area contributed by atoms with Gasteiger partial charge in [0, 0.05) is 13.6 Å². The topological polar surface area (TPSA) is 46.3 Å². The number of hydrogen-bond acceptors (Lipinski definition) is 2. The molecule has 16 heavy (non-hydrogen) atoms. The normalized spacial score (nSPS) is 15.9. The summed E-state index contributed by atoms with van der Waals surface area (Å²) < 4.78 is 0. The Labute approximate surface area is 103 Å². The second-order valence-electron chi connectivity index (χ2n) is 4.78. The molecule has 1 aliphatic carbocycles. The number of nitrogens with zero attached hydrogens (tertiary/aromatic N) is 1. The average Bonchev–Trinajstić information content (AvgIpc) is 3.03. The number of thiocarbonyl (C=S) groups is 1. The van der Waals surface area contributed by atoms with Crippen molar-refractivity contribution >= 4 is 23.1 Å². The molecule has 1 saturated carbocycles. The number of carbonyl (C=O) groups excluding carboxylic acids is 1. The number of carbonyl (C=O) groups is 1. The molecule has 0 unspecified atom stereocenters. The van der Waals surface area contributed by atoms with Crippen LogP contribution in [0.5, 0.6) is 0 Å². The third-order valence-corrected chi connectivity index (χ3v) is 4.05. The van der Waals surface area contributed by atoms with Crippen LogP contribution in [0.25, 0.3) is 0 Å². The Morgan fingerprint density at radius 3 is 2.25 bits per heavy atom. The van der Waals surface area contributed by atoms with E-state index in [0.29, 0.717) is 23.7 Å². The van der Waals surface area contributed by atoms with Gasteiger partial charge in [0.1, 0.15) is 0 Å². The molecule has 0 bridgehead atoms. The maximum absolute atomic E-state index is 12.4. The lowest BCUT2D eigenvalue weighted by atomic mass is 9.80. The molecule has 0 aromatic rings. The lowest BCUT2D eigenvalue weighted by Crippen LogP contribution is -2.49. The summed E-state index contributed by atoms with van der Waals surface area (Å²) in [5, 5.41) is 0. The van der Waals surface area contributed by atoms with E-state index in [1.165, 1.54) is 12.8 Å². The summed E-state index contributed by atoms with van der Waals surface area (Å²) in [5.74, 6) is 0.795. The minimum Gasteiger partial charge on any atom is -0.392 e. The lowest BCUT2D eigenvalue weighted by Gasteiger charge is -2.33. The Bertz CT molecular complexity index is 283. The van der Waals surface area contributed by atoms with Gasteiger partial charge in [-0.05, 0) is 31.6 Å². The van der Waals surface area contributed by atoms with Crippen LogP contribution in [0.3, 0.4) is 0 Å². The van der Waals surface area contributed by atoms with Gasteiger partial charge in [0.05, 0.1) is 10.4 Å². The van der Waals surface area contributed by atoms with Crippen LogP contribution in [-0.4, -0.2) is 29.4 Å². The summed E-state index contributed by atoms with van der Waals surface area (Å²) in [6.07, 6.45) is 3.87. The molecule has 92 valence electrons. The van der Waals surface area contributed by atoms with Crippen LogP contribution < -0.4 is 5.73 Å². The van der Waals surface area contributed by atoms with Crippen molar-refractivity contribution in [2.45, 2.75) is 39.5 Å². The first-order valence-corrected chi connectivity index (χ1v) is 6.44. The van der Waals surface area contributed by atoms with Crippen LogP contribution in [0.2, 0.25) is 0 Å². The molecule has 0 saturated heterocycles. The fraction of sp³-hybridized carbons (Fsp3) is 0.833. The van der Waals surface area contributed by atoms with E-state index in [9.17, 15) is 4.79 Å². The van der Waals surface area contributed by atoms with Crippen molar-refractivity contribution < 1.29 is 4.79 Å². The summed E-state index contributed by atoms with van der Waals surface area (Å²) in [7, 11) is 1.86. The molecule has 0 aromatic carbocycles. The third-order valence-electron chi connectivity index (χ3n) is 3.66. The van der Waals surface area contributed by atoms with Gasteiger partial charge in [0.2, 0.25) is 5.91 Å². The fourth-order valence-electron chi connectivity index (χ4n) is 2.14. The van der Waals surface area contributed by atoms with Crippen molar-refractivity contribution in [2.24, 2.45) is 17.1 Å². The number of nitrogens with two attached hydrogens (primary N) is 1. The van der Waals surface area contributed by atoms with Gasteiger partial charge < -0.3 is 10.6 Å². The molecule has 0 radical (unpaired) electrons. The Morgan fingerprint density at radius 1 is 1.44 bits per heavy atom. The third kappa shape index (κ3) is 2.54. The maximum atomic E-state index is 12.4. The monoisotopic (exact) mass is 242 g/mol. The SMILES string of the molecule is CCC(CC)(C(=O)N(C)CC1CC1)C(N)=S. The highest BCUT2D eigenvalue weighted by Gasteiger charge is 2.40. The first-order chi connectivity index (χ1) is 7.47. The van der Waals surface area contributed by atoms with Crippen LogP contribution in [0.1, 0.15) is 39.5 Å². The highest BCUT2D eigenvalue weighted by Crippen LogP contribution is 2.33. The number of amides is 1. The van der Waals surface area contributed by atoms with Gasteiger partial charge >= 0.3 is 0 Å². The van der Waals surface area contributed by atoms with Crippen LogP contribution in [0.15, 0.2) is 0 Å². The highest BCUT2D eigenvalue weighted by molar-refractivity contribution is 7.80. The van der Waals surface area contributed by atoms with Gasteiger partial charge in [-0.3, -0.25) is 4.79 Å². The van der Waals surface area contributed by atoms with E-state index < -0.39 is 5.41 Å². The molecular weight excluding hydrogens is 220 g/mol. The van der Waals surface area contributed by atoms with Gasteiger partial charge in [-0.1, -0.05) is 26.1 Å². The zero-order valence-electron chi connectivity index (χ0n) is 10.5. The first kappa shape index (κ1) is 13.4. The second kappa shape index (κ2) is 5.13. The Balaban J connectivity index is 2.75. The minimum atomic E-state index is -0.626. The van der Waals surface area contributed by atoms with E-state index in [0.717, 1.165) is 6.54 Å². The van der Waals surface area contributed by atoms with Crippen molar-refractivity contribution in [1.82, 2.24) is 4.90 Å². The zero-order valence-corrected chi connectivity index (χ0v) is 11.3. The van der Waals surface area contributed by atoms with Gasteiger partial charge in [-0.15, -0.1) is 0 Å². The molecule has 3 nitrogen and oxygen atoms in total. The molecule has 1 rings (SSSR count). The molecule has 1 amide bonds. The summed E-state index contributed by atoms with van der Waals surface area (Å²) in [6.45, 7) is 4.81. The van der Waals surface area contributed by atoms with E-state index in [1.807, 2.05) is 25.8 Å². The maximum Gasteiger partial charge on any atom is 0.235 e. The molecule has 0 aliphatic heterocycles.